The maximum atomic E-state index is 14.8. The van der Waals surface area contributed by atoms with Gasteiger partial charge >= 0.3 is 0 Å². The van der Waals surface area contributed by atoms with Gasteiger partial charge in [0.25, 0.3) is 5.92 Å². The van der Waals surface area contributed by atoms with Crippen molar-refractivity contribution in [3.8, 4) is 28.1 Å². The van der Waals surface area contributed by atoms with Gasteiger partial charge in [-0.15, -0.1) is 0 Å². The molecule has 3 aliphatic rings. The standard InChI is InChI=1S/C24H25F3N6O/c1-32-12-13(9-30-32)17-7-21(34)18(6-19(17)25)20-10-29-23(11-28-20)33(15-2-3-15)16-4-14-8-24(26,27)22(5-16)31-14/h6-7,9-12,14-16,22,31,34H,2-5,8H2,1H3/t14?,16-,22?/m1/s1. The van der Waals surface area contributed by atoms with Gasteiger partial charge in [-0.05, 0) is 37.8 Å². The number of hydrogen-bond donors (Lipinski definition) is 2. The van der Waals surface area contributed by atoms with E-state index in [1.54, 1.807) is 24.1 Å². The Morgan fingerprint density at radius 1 is 1.09 bits per heavy atom. The van der Waals surface area contributed by atoms with Gasteiger partial charge in [0.15, 0.2) is 0 Å². The first kappa shape index (κ1) is 21.4. The number of nitrogens with zero attached hydrogens (tertiary/aromatic N) is 5. The van der Waals surface area contributed by atoms with Crippen LogP contribution in [0.1, 0.15) is 32.1 Å². The molecule has 0 radical (unpaired) electrons. The lowest BCUT2D eigenvalue weighted by molar-refractivity contribution is -0.0129. The molecule has 1 saturated carbocycles. The second-order valence-electron chi connectivity index (χ2n) is 9.66. The minimum Gasteiger partial charge on any atom is -0.507 e. The van der Waals surface area contributed by atoms with Crippen LogP contribution in [0.4, 0.5) is 19.0 Å². The first-order chi connectivity index (χ1) is 16.3. The lowest BCUT2D eigenvalue weighted by Gasteiger charge is -2.38. The van der Waals surface area contributed by atoms with Crippen molar-refractivity contribution in [2.24, 2.45) is 7.05 Å². The van der Waals surface area contributed by atoms with Crippen molar-refractivity contribution in [3.63, 3.8) is 0 Å². The third kappa shape index (κ3) is 3.70. The van der Waals surface area contributed by atoms with Crippen molar-refractivity contribution < 1.29 is 18.3 Å². The Bertz CT molecular complexity index is 1230. The lowest BCUT2D eigenvalue weighted by atomic mass is 9.97. The lowest BCUT2D eigenvalue weighted by Crippen LogP contribution is -2.51. The van der Waals surface area contributed by atoms with E-state index in [2.05, 4.69) is 25.3 Å². The Hall–Kier alpha value is -3.14. The number of aromatic hydroxyl groups is 1. The maximum absolute atomic E-state index is 14.8. The molecule has 2 bridgehead atoms. The molecule has 2 aromatic heterocycles. The van der Waals surface area contributed by atoms with Gasteiger partial charge < -0.3 is 15.3 Å². The normalized spacial score (nSPS) is 25.5. The fraction of sp³-hybridized carbons (Fsp3) is 0.458. The third-order valence-electron chi connectivity index (χ3n) is 7.14. The number of fused-ring (bicyclic) bond motifs is 2. The van der Waals surface area contributed by atoms with Crippen LogP contribution in [0.3, 0.4) is 0 Å². The van der Waals surface area contributed by atoms with E-state index in [1.165, 1.54) is 24.5 Å². The molecule has 0 amide bonds. The molecule has 3 fully saturated rings. The molecule has 6 rings (SSSR count). The van der Waals surface area contributed by atoms with E-state index < -0.39 is 17.8 Å². The van der Waals surface area contributed by atoms with Crippen LogP contribution in [0, 0.1) is 5.82 Å². The second kappa shape index (κ2) is 7.69. The highest BCUT2D eigenvalue weighted by molar-refractivity contribution is 5.74. The number of aromatic nitrogens is 4. The Labute approximate surface area is 194 Å². The number of nitrogens with one attached hydrogen (secondary N) is 1. The van der Waals surface area contributed by atoms with Crippen molar-refractivity contribution in [1.29, 1.82) is 0 Å². The molecule has 2 N–H and O–H groups in total. The van der Waals surface area contributed by atoms with Crippen LogP contribution in [0.25, 0.3) is 22.4 Å². The van der Waals surface area contributed by atoms with Gasteiger partial charge in [-0.2, -0.15) is 5.10 Å². The summed E-state index contributed by atoms with van der Waals surface area (Å²) in [5.74, 6) is -2.66. The fourth-order valence-electron chi connectivity index (χ4n) is 5.42. The summed E-state index contributed by atoms with van der Waals surface area (Å²) in [5, 5.41) is 17.7. The number of alkyl halides is 2. The predicted molar refractivity (Wildman–Crippen MR) is 120 cm³/mol. The second-order valence-corrected chi connectivity index (χ2v) is 9.66. The van der Waals surface area contributed by atoms with Gasteiger partial charge in [0.1, 0.15) is 17.4 Å². The molecule has 178 valence electrons. The summed E-state index contributed by atoms with van der Waals surface area (Å²) >= 11 is 0. The molecule has 1 aromatic carbocycles. The van der Waals surface area contributed by atoms with Crippen molar-refractivity contribution in [1.82, 2.24) is 25.1 Å². The zero-order valence-corrected chi connectivity index (χ0v) is 18.6. The maximum Gasteiger partial charge on any atom is 0.264 e. The number of piperidine rings is 1. The third-order valence-corrected chi connectivity index (χ3v) is 7.14. The van der Waals surface area contributed by atoms with Crippen LogP contribution in [-0.4, -0.2) is 54.9 Å². The quantitative estimate of drug-likeness (QED) is 0.589. The van der Waals surface area contributed by atoms with E-state index in [1.807, 2.05) is 0 Å². The number of aryl methyl sites for hydroxylation is 1. The minimum atomic E-state index is -2.67. The molecule has 34 heavy (non-hydrogen) atoms. The number of phenols is 1. The molecule has 3 aromatic rings. The topological polar surface area (TPSA) is 79.1 Å². The highest BCUT2D eigenvalue weighted by atomic mass is 19.3. The summed E-state index contributed by atoms with van der Waals surface area (Å²) in [5.41, 5.74) is 1.38. The molecule has 3 atom stereocenters. The summed E-state index contributed by atoms with van der Waals surface area (Å²) in [4.78, 5) is 11.2. The van der Waals surface area contributed by atoms with Gasteiger partial charge in [0, 0.05) is 54.5 Å². The summed E-state index contributed by atoms with van der Waals surface area (Å²) in [6.07, 6.45) is 9.20. The highest BCUT2D eigenvalue weighted by Gasteiger charge is 2.54. The largest absolute Gasteiger partial charge is 0.507 e. The molecule has 4 heterocycles. The summed E-state index contributed by atoms with van der Waals surface area (Å²) in [6, 6.07) is 1.86. The molecule has 2 unspecified atom stereocenters. The Morgan fingerprint density at radius 3 is 2.56 bits per heavy atom. The molecule has 0 spiro atoms. The molecule has 7 nitrogen and oxygen atoms in total. The van der Waals surface area contributed by atoms with Crippen LogP contribution >= 0.6 is 0 Å². The van der Waals surface area contributed by atoms with E-state index in [0.717, 1.165) is 12.8 Å². The number of hydrogen-bond acceptors (Lipinski definition) is 6. The Morgan fingerprint density at radius 2 is 1.91 bits per heavy atom. The average molecular weight is 470 g/mol. The zero-order chi connectivity index (χ0) is 23.6. The predicted octanol–water partition coefficient (Wildman–Crippen LogP) is 3.89. The van der Waals surface area contributed by atoms with Crippen LogP contribution in [0.5, 0.6) is 5.75 Å². The molecule has 2 aliphatic heterocycles. The van der Waals surface area contributed by atoms with Crippen molar-refractivity contribution in [2.75, 3.05) is 4.90 Å². The number of halogens is 3. The van der Waals surface area contributed by atoms with Crippen LogP contribution in [0.2, 0.25) is 0 Å². The van der Waals surface area contributed by atoms with Crippen molar-refractivity contribution in [2.45, 2.75) is 62.2 Å². The van der Waals surface area contributed by atoms with Gasteiger partial charge in [-0.1, -0.05) is 0 Å². The summed E-state index contributed by atoms with van der Waals surface area (Å²) in [7, 11) is 1.73. The van der Waals surface area contributed by atoms with Gasteiger partial charge in [-0.25, -0.2) is 18.2 Å². The van der Waals surface area contributed by atoms with E-state index in [0.29, 0.717) is 29.9 Å². The summed E-state index contributed by atoms with van der Waals surface area (Å²) < 4.78 is 44.9. The monoisotopic (exact) mass is 470 g/mol. The Balaban J connectivity index is 1.27. The van der Waals surface area contributed by atoms with Gasteiger partial charge in [-0.3, -0.25) is 9.67 Å². The SMILES string of the molecule is Cn1cc(-c2cc(O)c(-c3cnc(N(C4CC4)[C@@H]4CC5CC(F)(F)C(C4)N5)cn3)cc2F)cn1. The van der Waals surface area contributed by atoms with E-state index in [4.69, 9.17) is 0 Å². The fourth-order valence-corrected chi connectivity index (χ4v) is 5.42. The smallest absolute Gasteiger partial charge is 0.264 e. The first-order valence-electron chi connectivity index (χ1n) is 11.5. The van der Waals surface area contributed by atoms with Gasteiger partial charge in [0.2, 0.25) is 0 Å². The average Bonchev–Trinajstić information content (AvgIpc) is 3.49. The van der Waals surface area contributed by atoms with Crippen molar-refractivity contribution >= 4 is 5.82 Å². The van der Waals surface area contributed by atoms with E-state index >= 15 is 0 Å². The number of rotatable bonds is 5. The van der Waals surface area contributed by atoms with Crippen LogP contribution in [0.15, 0.2) is 36.9 Å². The minimum absolute atomic E-state index is 0.0260. The van der Waals surface area contributed by atoms with Crippen LogP contribution in [-0.2, 0) is 7.05 Å². The molecule has 1 aliphatic carbocycles. The number of benzene rings is 1. The number of phenolic OH excluding ortho intramolecular Hbond substituents is 1. The molecular weight excluding hydrogens is 445 g/mol. The van der Waals surface area contributed by atoms with Crippen LogP contribution < -0.4 is 10.2 Å². The summed E-state index contributed by atoms with van der Waals surface area (Å²) in [6.45, 7) is 0. The zero-order valence-electron chi connectivity index (χ0n) is 18.6. The Kier molecular flexibility index (Phi) is 4.84. The molecule has 2 saturated heterocycles. The van der Waals surface area contributed by atoms with E-state index in [-0.39, 0.29) is 41.4 Å². The van der Waals surface area contributed by atoms with E-state index in [9.17, 15) is 18.3 Å². The molecular formula is C24H25F3N6O. The molecule has 10 heteroatoms. The van der Waals surface area contributed by atoms with Crippen molar-refractivity contribution in [3.05, 3.63) is 42.7 Å². The number of anilines is 1. The first-order valence-corrected chi connectivity index (χ1v) is 11.5. The van der Waals surface area contributed by atoms with Gasteiger partial charge in [0.05, 0.1) is 30.3 Å². The highest BCUT2D eigenvalue weighted by Crippen LogP contribution is 2.44.